The molecule has 0 spiro atoms. The molecule has 0 bridgehead atoms. The third-order valence-corrected chi connectivity index (χ3v) is 5.34. The van der Waals surface area contributed by atoms with Gasteiger partial charge < -0.3 is 4.74 Å². The summed E-state index contributed by atoms with van der Waals surface area (Å²) in [5.41, 5.74) is 6.27. The number of ether oxygens (including phenoxy) is 1. The fourth-order valence-corrected chi connectivity index (χ4v) is 3.64. The zero-order chi connectivity index (χ0) is 21.3. The molecule has 2 heteroatoms. The van der Waals surface area contributed by atoms with Gasteiger partial charge in [0.25, 0.3) is 0 Å². The second-order valence-corrected chi connectivity index (χ2v) is 8.52. The fourth-order valence-electron chi connectivity index (χ4n) is 3.64. The van der Waals surface area contributed by atoms with Crippen LogP contribution in [0, 0.1) is 5.41 Å². The van der Waals surface area contributed by atoms with Crippen molar-refractivity contribution < 1.29 is 9.53 Å². The van der Waals surface area contributed by atoms with Crippen molar-refractivity contribution >= 4 is 5.97 Å². The van der Waals surface area contributed by atoms with Crippen LogP contribution >= 0.6 is 0 Å². The molecule has 0 heterocycles. The van der Waals surface area contributed by atoms with Crippen LogP contribution in [0.15, 0.2) is 89.1 Å². The number of carbonyl (C=O) groups excluding carboxylic acids is 1. The molecule has 1 aromatic carbocycles. The smallest absolute Gasteiger partial charge is 0.331 e. The molecule has 2 rings (SSSR count). The van der Waals surface area contributed by atoms with Gasteiger partial charge in [0, 0.05) is 6.08 Å². The molecule has 0 saturated heterocycles. The number of hydrogen-bond acceptors (Lipinski definition) is 2. The summed E-state index contributed by atoms with van der Waals surface area (Å²) in [6.45, 7) is 11.2. The maximum Gasteiger partial charge on any atom is 0.331 e. The molecule has 0 N–H and O–H groups in total. The van der Waals surface area contributed by atoms with Crippen molar-refractivity contribution in [1.29, 1.82) is 0 Å². The third kappa shape index (κ3) is 7.73. The Labute approximate surface area is 176 Å². The predicted octanol–water partition coefficient (Wildman–Crippen LogP) is 7.26. The lowest BCUT2D eigenvalue weighted by Crippen LogP contribution is -2.19. The van der Waals surface area contributed by atoms with Gasteiger partial charge in [-0.15, -0.1) is 0 Å². The second-order valence-electron chi connectivity index (χ2n) is 8.52. The minimum Gasteiger partial charge on any atom is -0.458 e. The number of allylic oxidation sites excluding steroid dienone is 9. The number of hydrogen-bond donors (Lipinski definition) is 0. The molecule has 1 aliphatic carbocycles. The number of esters is 1. The van der Waals surface area contributed by atoms with Crippen LogP contribution in [0.2, 0.25) is 0 Å². The molecular weight excluding hydrogens is 356 g/mol. The largest absolute Gasteiger partial charge is 0.458 e. The van der Waals surface area contributed by atoms with Gasteiger partial charge in [0.05, 0.1) is 0 Å². The SMILES string of the molecule is CC1=C(/C=C/C(C)=C\C=C\C(C)=C\C(=O)OCc2ccccc2)C(C)(C)CCC1. The lowest BCUT2D eigenvalue weighted by atomic mass is 9.72. The number of rotatable bonds is 7. The van der Waals surface area contributed by atoms with Gasteiger partial charge in [-0.3, -0.25) is 0 Å². The van der Waals surface area contributed by atoms with Crippen LogP contribution in [0.4, 0.5) is 0 Å². The monoisotopic (exact) mass is 390 g/mol. The minimum atomic E-state index is -0.321. The van der Waals surface area contributed by atoms with E-state index in [1.807, 2.05) is 49.4 Å². The van der Waals surface area contributed by atoms with Crippen LogP contribution in [-0.2, 0) is 16.1 Å². The zero-order valence-electron chi connectivity index (χ0n) is 18.5. The highest BCUT2D eigenvalue weighted by atomic mass is 16.5. The van der Waals surface area contributed by atoms with Crippen LogP contribution < -0.4 is 0 Å². The van der Waals surface area contributed by atoms with Crippen molar-refractivity contribution in [3.8, 4) is 0 Å². The molecule has 0 atom stereocenters. The fraction of sp³-hybridized carbons (Fsp3) is 0.370. The molecule has 2 nitrogen and oxygen atoms in total. The van der Waals surface area contributed by atoms with Crippen molar-refractivity contribution in [2.24, 2.45) is 5.41 Å². The summed E-state index contributed by atoms with van der Waals surface area (Å²) in [6.07, 6.45) is 15.7. The van der Waals surface area contributed by atoms with Gasteiger partial charge in [-0.25, -0.2) is 4.79 Å². The predicted molar refractivity (Wildman–Crippen MR) is 122 cm³/mol. The topological polar surface area (TPSA) is 26.3 Å². The summed E-state index contributed by atoms with van der Waals surface area (Å²) >= 11 is 0. The first-order valence-corrected chi connectivity index (χ1v) is 10.4. The lowest BCUT2D eigenvalue weighted by molar-refractivity contribution is -0.139. The van der Waals surface area contributed by atoms with E-state index in [9.17, 15) is 4.79 Å². The number of carbonyl (C=O) groups is 1. The Morgan fingerprint density at radius 2 is 1.83 bits per heavy atom. The lowest BCUT2D eigenvalue weighted by Gasteiger charge is -2.32. The first-order valence-electron chi connectivity index (χ1n) is 10.4. The quantitative estimate of drug-likeness (QED) is 0.278. The molecule has 0 fully saturated rings. The minimum absolute atomic E-state index is 0.258. The highest BCUT2D eigenvalue weighted by Crippen LogP contribution is 2.40. The van der Waals surface area contributed by atoms with Crippen molar-refractivity contribution in [2.75, 3.05) is 0 Å². The zero-order valence-corrected chi connectivity index (χ0v) is 18.5. The van der Waals surface area contributed by atoms with Crippen molar-refractivity contribution in [1.82, 2.24) is 0 Å². The van der Waals surface area contributed by atoms with E-state index in [1.165, 1.54) is 42.1 Å². The Kier molecular flexibility index (Phi) is 8.45. The molecule has 0 unspecified atom stereocenters. The molecule has 154 valence electrons. The highest BCUT2D eigenvalue weighted by molar-refractivity contribution is 5.83. The van der Waals surface area contributed by atoms with Crippen LogP contribution in [0.25, 0.3) is 0 Å². The summed E-state index contributed by atoms with van der Waals surface area (Å²) in [4.78, 5) is 11.9. The van der Waals surface area contributed by atoms with E-state index >= 15 is 0 Å². The molecule has 1 aromatic rings. The normalized spacial score (nSPS) is 18.0. The summed E-state index contributed by atoms with van der Waals surface area (Å²) in [5, 5.41) is 0. The molecule has 0 aliphatic heterocycles. The molecule has 0 amide bonds. The van der Waals surface area contributed by atoms with E-state index in [-0.39, 0.29) is 11.4 Å². The van der Waals surface area contributed by atoms with E-state index in [2.05, 4.69) is 45.9 Å². The summed E-state index contributed by atoms with van der Waals surface area (Å²) in [6, 6.07) is 9.69. The maximum atomic E-state index is 11.9. The van der Waals surface area contributed by atoms with E-state index in [0.717, 1.165) is 11.1 Å². The third-order valence-electron chi connectivity index (χ3n) is 5.34. The number of benzene rings is 1. The summed E-state index contributed by atoms with van der Waals surface area (Å²) < 4.78 is 5.28. The average Bonchev–Trinajstić information content (AvgIpc) is 2.66. The van der Waals surface area contributed by atoms with Crippen LogP contribution in [-0.4, -0.2) is 5.97 Å². The molecule has 0 aromatic heterocycles. The van der Waals surface area contributed by atoms with Gasteiger partial charge in [0.2, 0.25) is 0 Å². The standard InChI is InChI=1S/C27H34O2/c1-21(16-17-25-23(3)13-10-18-27(25,4)5)11-9-12-22(2)19-26(28)29-20-24-14-7-6-8-15-24/h6-9,11-12,14-17,19H,10,13,18,20H2,1-5H3/b12-9+,17-16+,21-11-,22-19+. The first kappa shape index (κ1) is 22.7. The molecule has 0 saturated carbocycles. The van der Waals surface area contributed by atoms with Crippen molar-refractivity contribution in [3.63, 3.8) is 0 Å². The van der Waals surface area contributed by atoms with Crippen LogP contribution in [0.3, 0.4) is 0 Å². The van der Waals surface area contributed by atoms with Crippen LogP contribution in [0.1, 0.15) is 59.4 Å². The van der Waals surface area contributed by atoms with Gasteiger partial charge in [0.15, 0.2) is 0 Å². The average molecular weight is 391 g/mol. The second kappa shape index (κ2) is 10.8. The molecule has 1 aliphatic rings. The van der Waals surface area contributed by atoms with Crippen molar-refractivity contribution in [3.05, 3.63) is 94.6 Å². The highest BCUT2D eigenvalue weighted by Gasteiger charge is 2.26. The van der Waals surface area contributed by atoms with Crippen molar-refractivity contribution in [2.45, 2.75) is 60.5 Å². The molecular formula is C27H34O2. The van der Waals surface area contributed by atoms with Gasteiger partial charge in [-0.2, -0.15) is 0 Å². The molecule has 0 radical (unpaired) electrons. The Hall–Kier alpha value is -2.61. The Bertz CT molecular complexity index is 846. The first-order chi connectivity index (χ1) is 13.8. The maximum absolute atomic E-state index is 11.9. The van der Waals surface area contributed by atoms with E-state index in [1.54, 1.807) is 0 Å². The van der Waals surface area contributed by atoms with Gasteiger partial charge in [-0.05, 0) is 62.2 Å². The van der Waals surface area contributed by atoms with Gasteiger partial charge in [-0.1, -0.05) is 85.7 Å². The van der Waals surface area contributed by atoms with E-state index in [4.69, 9.17) is 4.74 Å². The summed E-state index contributed by atoms with van der Waals surface area (Å²) in [7, 11) is 0. The summed E-state index contributed by atoms with van der Waals surface area (Å²) in [5.74, 6) is -0.321. The van der Waals surface area contributed by atoms with Crippen LogP contribution in [0.5, 0.6) is 0 Å². The Balaban J connectivity index is 1.90. The van der Waals surface area contributed by atoms with E-state index < -0.39 is 0 Å². The Morgan fingerprint density at radius 3 is 2.52 bits per heavy atom. The Morgan fingerprint density at radius 1 is 1.10 bits per heavy atom. The van der Waals surface area contributed by atoms with Gasteiger partial charge in [0.1, 0.15) is 6.61 Å². The van der Waals surface area contributed by atoms with E-state index in [0.29, 0.717) is 6.61 Å². The van der Waals surface area contributed by atoms with Gasteiger partial charge >= 0.3 is 5.97 Å². The molecule has 29 heavy (non-hydrogen) atoms.